The van der Waals surface area contributed by atoms with E-state index in [9.17, 15) is 38.0 Å². The topological polar surface area (TPSA) is 152 Å². The summed E-state index contributed by atoms with van der Waals surface area (Å²) in [5.74, 6) is 0. The van der Waals surface area contributed by atoms with Gasteiger partial charge >= 0.3 is 0 Å². The first-order valence-electron chi connectivity index (χ1n) is 24.7. The highest BCUT2D eigenvalue weighted by atomic mass is 19.2. The van der Waals surface area contributed by atoms with Crippen LogP contribution >= 0.6 is 0 Å². The number of halogens is 4. The number of alkyl halides is 4. The normalized spacial score (nSPS) is 24.4. The molecule has 4 aromatic carbocycles. The number of rotatable bonds is 8. The van der Waals surface area contributed by atoms with Crippen LogP contribution in [0.15, 0.2) is 147 Å². The first kappa shape index (κ1) is 45.2. The third-order valence-electron chi connectivity index (χ3n) is 16.3. The van der Waals surface area contributed by atoms with Crippen LogP contribution in [0.25, 0.3) is 45.0 Å². The van der Waals surface area contributed by atoms with Gasteiger partial charge in [-0.15, -0.1) is 0 Å². The molecule has 4 saturated carbocycles. The molecule has 4 aliphatic heterocycles. The predicted molar refractivity (Wildman–Crippen MR) is 260 cm³/mol. The van der Waals surface area contributed by atoms with Crippen molar-refractivity contribution >= 4 is 0 Å². The molecule has 0 spiro atoms. The number of fused-ring (bicyclic) bond motifs is 12. The third-order valence-corrected chi connectivity index (χ3v) is 16.3. The zero-order chi connectivity index (χ0) is 49.3. The molecule has 12 nitrogen and oxygen atoms in total. The second-order valence-electron chi connectivity index (χ2n) is 20.8. The Hall–Kier alpha value is -6.72. The molecule has 4 aliphatic carbocycles. The Kier molecular flexibility index (Phi) is 10.3. The number of aliphatic hydroxyl groups is 4. The van der Waals surface area contributed by atoms with E-state index in [1.165, 1.54) is 0 Å². The summed E-state index contributed by atoms with van der Waals surface area (Å²) in [6.07, 6.45) is 13.4. The number of aromatic nitrogens is 8. The van der Waals surface area contributed by atoms with Crippen LogP contribution in [-0.2, 0) is 0 Å². The van der Waals surface area contributed by atoms with Crippen LogP contribution < -0.4 is 0 Å². The van der Waals surface area contributed by atoms with Crippen molar-refractivity contribution in [1.82, 2.24) is 38.2 Å². The van der Waals surface area contributed by atoms with E-state index in [1.807, 2.05) is 115 Å². The van der Waals surface area contributed by atoms with E-state index in [2.05, 4.69) is 19.9 Å². The number of hydrogen-bond acceptors (Lipinski definition) is 8. The van der Waals surface area contributed by atoms with E-state index < -0.39 is 47.1 Å². The van der Waals surface area contributed by atoms with Gasteiger partial charge in [-0.3, -0.25) is 0 Å². The lowest BCUT2D eigenvalue weighted by atomic mass is 9.96. The number of nitrogens with zero attached hydrogens (tertiary/aromatic N) is 8. The van der Waals surface area contributed by atoms with Crippen molar-refractivity contribution in [3.63, 3.8) is 0 Å². The molecule has 0 radical (unpaired) electrons. The lowest BCUT2D eigenvalue weighted by molar-refractivity contribution is 0.0330. The summed E-state index contributed by atoms with van der Waals surface area (Å²) in [5, 5.41) is 41.3. The van der Waals surface area contributed by atoms with Crippen LogP contribution in [0, 0.1) is 0 Å². The molecule has 16 rings (SSSR count). The fraction of sp³-hybridized carbons (Fsp3) is 0.357. The van der Waals surface area contributed by atoms with E-state index in [-0.39, 0.29) is 24.2 Å². The maximum absolute atomic E-state index is 14.2. The molecule has 4 N–H and O–H groups in total. The Balaban J connectivity index is 0.0000000933. The second kappa shape index (κ2) is 16.4. The minimum atomic E-state index is -1.41. The lowest BCUT2D eigenvalue weighted by Crippen LogP contribution is -2.33. The van der Waals surface area contributed by atoms with Crippen LogP contribution in [0.3, 0.4) is 0 Å². The molecule has 8 atom stereocenters. The Morgan fingerprint density at radius 1 is 0.347 bits per heavy atom. The highest BCUT2D eigenvalue weighted by molar-refractivity contribution is 5.72. The summed E-state index contributed by atoms with van der Waals surface area (Å²) < 4.78 is 64.2. The average Bonchev–Trinajstić information content (AvgIpc) is 4.25. The maximum Gasteiger partial charge on any atom is 0.139 e. The van der Waals surface area contributed by atoms with Crippen molar-refractivity contribution in [2.75, 3.05) is 0 Å². The molecule has 4 fully saturated rings. The van der Waals surface area contributed by atoms with Gasteiger partial charge in [0.1, 0.15) is 47.1 Å². The van der Waals surface area contributed by atoms with Gasteiger partial charge in [0, 0.05) is 22.3 Å². The molecular weight excluding hydrogens is 925 g/mol. The van der Waals surface area contributed by atoms with E-state index in [0.717, 1.165) is 67.3 Å². The van der Waals surface area contributed by atoms with Crippen LogP contribution in [-0.4, -0.2) is 106 Å². The largest absolute Gasteiger partial charge is 0.387 e. The van der Waals surface area contributed by atoms with E-state index >= 15 is 0 Å². The molecule has 0 amide bonds. The van der Waals surface area contributed by atoms with Gasteiger partial charge < -0.3 is 38.7 Å². The zero-order valence-electron chi connectivity index (χ0n) is 39.0. The number of hydrogen-bond donors (Lipinski definition) is 4. The molecule has 8 heterocycles. The summed E-state index contributed by atoms with van der Waals surface area (Å²) >= 11 is 0. The summed E-state index contributed by atoms with van der Waals surface area (Å²) in [4.78, 5) is 16.4. The maximum atomic E-state index is 14.2. The van der Waals surface area contributed by atoms with E-state index in [1.54, 1.807) is 50.1 Å². The summed E-state index contributed by atoms with van der Waals surface area (Å²) in [7, 11) is 0. The smallest absolute Gasteiger partial charge is 0.139 e. The van der Waals surface area contributed by atoms with Gasteiger partial charge in [0.2, 0.25) is 0 Å². The Bertz CT molecular complexity index is 2910. The first-order valence-corrected chi connectivity index (χ1v) is 24.7. The minimum absolute atomic E-state index is 0.341. The molecule has 368 valence electrons. The van der Waals surface area contributed by atoms with Crippen molar-refractivity contribution in [3.8, 4) is 45.0 Å². The van der Waals surface area contributed by atoms with Crippen molar-refractivity contribution < 1.29 is 38.0 Å². The van der Waals surface area contributed by atoms with Crippen molar-refractivity contribution in [2.45, 2.75) is 123 Å². The highest BCUT2D eigenvalue weighted by Crippen LogP contribution is 2.55. The number of benzene rings is 4. The first-order chi connectivity index (χ1) is 34.8. The van der Waals surface area contributed by atoms with Gasteiger partial charge in [-0.2, -0.15) is 0 Å². The molecule has 4 aromatic heterocycles. The molecule has 8 aliphatic rings. The fourth-order valence-electron chi connectivity index (χ4n) is 11.6. The van der Waals surface area contributed by atoms with Crippen LogP contribution in [0.2, 0.25) is 0 Å². The monoisotopic (exact) mass is 976 g/mol. The summed E-state index contributed by atoms with van der Waals surface area (Å²) in [5.41, 5.74) is 6.32. The highest BCUT2D eigenvalue weighted by Gasteiger charge is 2.58. The Labute approximate surface area is 411 Å². The van der Waals surface area contributed by atoms with Crippen molar-refractivity contribution in [2.24, 2.45) is 0 Å². The fourth-order valence-corrected chi connectivity index (χ4v) is 11.6. The van der Waals surface area contributed by atoms with Crippen molar-refractivity contribution in [3.05, 3.63) is 169 Å². The SMILES string of the molecule is O[C@@H]([C@@H]1c2ccccc2-c2cncn21)C1(F)CC1.O[C@@H]([C@H]1c2ccccc2-c2cncn21)C1(F)CC1.O[C@H]([C@@H]1c2ccccc2-c2cncn21)C1(F)CC1.O[C@H]([C@H]1c2ccccc2-c2cncn21)C1(F)CC1. The molecule has 0 bridgehead atoms. The van der Waals surface area contributed by atoms with Crippen molar-refractivity contribution in [1.29, 1.82) is 0 Å². The second-order valence-corrected chi connectivity index (χ2v) is 20.8. The Morgan fingerprint density at radius 2 is 0.542 bits per heavy atom. The Morgan fingerprint density at radius 3 is 0.736 bits per heavy atom. The van der Waals surface area contributed by atoms with Gasteiger partial charge in [0.15, 0.2) is 0 Å². The zero-order valence-corrected chi connectivity index (χ0v) is 39.0. The molecular formula is C56H52F4N8O4. The third kappa shape index (κ3) is 7.15. The molecule has 0 saturated heterocycles. The van der Waals surface area contributed by atoms with Crippen LogP contribution in [0.4, 0.5) is 17.6 Å². The standard InChI is InChI=1S/4C14H13FN2O/c4*15-14(5-6-14)13(18)12-10-4-2-1-3-9(10)11-7-16-8-17(11)12/h4*1-4,7-8,12-13,18H,5-6H2/t2*12-,13+;2*12-,13-/m1010/s1. The quantitative estimate of drug-likeness (QED) is 0.110. The van der Waals surface area contributed by atoms with Gasteiger partial charge in [0.25, 0.3) is 0 Å². The summed E-state index contributed by atoms with van der Waals surface area (Å²) in [6.45, 7) is 0. The lowest BCUT2D eigenvalue weighted by Gasteiger charge is -2.24. The van der Waals surface area contributed by atoms with E-state index in [0.29, 0.717) is 51.4 Å². The van der Waals surface area contributed by atoms with Gasteiger partial charge in [-0.05, 0) is 73.6 Å². The molecule has 16 heteroatoms. The molecule has 0 unspecified atom stereocenters. The number of aliphatic hydroxyl groups excluding tert-OH is 4. The minimum Gasteiger partial charge on any atom is -0.387 e. The molecule has 72 heavy (non-hydrogen) atoms. The van der Waals surface area contributed by atoms with Gasteiger partial charge in [-0.1, -0.05) is 97.1 Å². The van der Waals surface area contributed by atoms with Gasteiger partial charge in [-0.25, -0.2) is 37.5 Å². The molecule has 8 aromatic rings. The summed E-state index contributed by atoms with van der Waals surface area (Å²) in [6, 6.07) is 30.0. The van der Waals surface area contributed by atoms with Crippen LogP contribution in [0.5, 0.6) is 0 Å². The predicted octanol–water partition coefficient (Wildman–Crippen LogP) is 9.26. The van der Waals surface area contributed by atoms with Crippen LogP contribution in [0.1, 0.15) is 97.8 Å². The van der Waals surface area contributed by atoms with E-state index in [4.69, 9.17) is 0 Å². The van der Waals surface area contributed by atoms with Gasteiger partial charge in [0.05, 0.1) is 97.0 Å². The average molecular weight is 977 g/mol. The number of imidazole rings is 4.